The zero-order valence-corrected chi connectivity index (χ0v) is 19.2. The maximum Gasteiger partial charge on any atom is 0.206 e. The Morgan fingerprint density at radius 1 is 1.21 bits per heavy atom. The number of imidazole rings is 1. The van der Waals surface area contributed by atoms with Crippen LogP contribution in [-0.2, 0) is 27.4 Å². The minimum Gasteiger partial charge on any atom is -0.369 e. The summed E-state index contributed by atoms with van der Waals surface area (Å²) in [6.45, 7) is 3.20. The molecule has 0 bridgehead atoms. The van der Waals surface area contributed by atoms with E-state index in [1.807, 2.05) is 29.7 Å². The third kappa shape index (κ3) is 3.33. The Morgan fingerprint density at radius 3 is 2.61 bits per heavy atom. The Kier molecular flexibility index (Phi) is 5.23. The molecule has 1 saturated heterocycles. The van der Waals surface area contributed by atoms with Gasteiger partial charge in [0.1, 0.15) is 11.0 Å². The molecule has 0 radical (unpaired) electrons. The number of H-pyrrole nitrogens is 1. The molecule has 1 aliphatic rings. The van der Waals surface area contributed by atoms with E-state index in [2.05, 4.69) is 30.9 Å². The molecule has 33 heavy (non-hydrogen) atoms. The van der Waals surface area contributed by atoms with Crippen molar-refractivity contribution >= 4 is 37.8 Å². The van der Waals surface area contributed by atoms with Crippen molar-refractivity contribution < 1.29 is 12.6 Å². The summed E-state index contributed by atoms with van der Waals surface area (Å²) < 4.78 is 41.2. The van der Waals surface area contributed by atoms with Crippen LogP contribution in [0.4, 0.5) is 5.95 Å². The monoisotopic (exact) mass is 487 g/mol. The lowest BCUT2D eigenvalue weighted by molar-refractivity contribution is 0.494. The molecule has 5 rings (SSSR count). The number of rotatable bonds is 6. The van der Waals surface area contributed by atoms with Gasteiger partial charge < -0.3 is 15.6 Å². The summed E-state index contributed by atoms with van der Waals surface area (Å²) in [5.41, 5.74) is 8.91. The van der Waals surface area contributed by atoms with Crippen LogP contribution in [0, 0.1) is 0 Å². The van der Waals surface area contributed by atoms with E-state index in [0.29, 0.717) is 42.2 Å². The van der Waals surface area contributed by atoms with E-state index in [0.717, 1.165) is 5.52 Å². The van der Waals surface area contributed by atoms with E-state index in [4.69, 9.17) is 10.9 Å². The van der Waals surface area contributed by atoms with Crippen LogP contribution in [0.25, 0.3) is 33.5 Å². The number of nitrogens with zero attached hydrogens (tertiary/aromatic N) is 5. The van der Waals surface area contributed by atoms with Gasteiger partial charge in [-0.25, -0.2) is 22.7 Å². The van der Waals surface area contributed by atoms with Gasteiger partial charge in [-0.2, -0.15) is 5.21 Å². The van der Waals surface area contributed by atoms with Gasteiger partial charge in [0, 0.05) is 30.8 Å². The number of para-hydroxylation sites is 1. The number of hydrogen-bond donors (Lipinski definition) is 4. The van der Waals surface area contributed by atoms with Crippen LogP contribution in [0.1, 0.15) is 6.92 Å². The van der Waals surface area contributed by atoms with Crippen LogP contribution in [0.3, 0.4) is 0 Å². The SMILES string of the molecule is CCn1c(N)nc2c(-c3ccc(S(=O)(=O)C4CNC4)c(S(N)=O)c3-c3nn[nH]n3)cccc21. The van der Waals surface area contributed by atoms with Gasteiger partial charge in [0.15, 0.2) is 9.84 Å². The van der Waals surface area contributed by atoms with Gasteiger partial charge in [0.05, 0.1) is 26.1 Å². The lowest BCUT2D eigenvalue weighted by atomic mass is 9.98. The van der Waals surface area contributed by atoms with Crippen molar-refractivity contribution in [2.45, 2.75) is 28.5 Å². The Morgan fingerprint density at radius 2 is 2.00 bits per heavy atom. The first-order valence-electron chi connectivity index (χ1n) is 10.1. The zero-order chi connectivity index (χ0) is 23.3. The normalized spacial score (nSPS) is 15.6. The first kappa shape index (κ1) is 21.6. The molecule has 4 aromatic rings. The molecule has 0 spiro atoms. The second-order valence-corrected chi connectivity index (χ2v) is 10.8. The smallest absolute Gasteiger partial charge is 0.206 e. The fraction of sp³-hybridized carbons (Fsp3) is 0.263. The van der Waals surface area contributed by atoms with Gasteiger partial charge in [-0.1, -0.05) is 18.2 Å². The van der Waals surface area contributed by atoms with Gasteiger partial charge in [-0.05, 0) is 29.8 Å². The summed E-state index contributed by atoms with van der Waals surface area (Å²) in [4.78, 5) is 4.35. The van der Waals surface area contributed by atoms with E-state index < -0.39 is 26.1 Å². The summed E-state index contributed by atoms with van der Waals surface area (Å²) in [5, 5.41) is 22.2. The molecule has 1 unspecified atom stereocenters. The first-order valence-corrected chi connectivity index (χ1v) is 12.9. The minimum atomic E-state index is -3.80. The topological polar surface area (TPSA) is 188 Å². The number of sulfone groups is 1. The highest BCUT2D eigenvalue weighted by Crippen LogP contribution is 2.41. The average Bonchev–Trinajstić information content (AvgIpc) is 3.37. The maximum atomic E-state index is 13.3. The number of aromatic amines is 1. The third-order valence-corrected chi connectivity index (χ3v) is 8.92. The number of nitrogens with two attached hydrogens (primary N) is 2. The van der Waals surface area contributed by atoms with Crippen molar-refractivity contribution in [2.75, 3.05) is 18.8 Å². The van der Waals surface area contributed by atoms with Crippen molar-refractivity contribution in [3.8, 4) is 22.5 Å². The predicted molar refractivity (Wildman–Crippen MR) is 123 cm³/mol. The molecule has 0 aliphatic carbocycles. The minimum absolute atomic E-state index is 0.0688. The number of aromatic nitrogens is 6. The van der Waals surface area contributed by atoms with Crippen LogP contribution >= 0.6 is 0 Å². The molecule has 2 aromatic carbocycles. The molecule has 1 atom stereocenters. The molecular weight excluding hydrogens is 466 g/mol. The number of nitrogens with one attached hydrogen (secondary N) is 2. The summed E-state index contributed by atoms with van der Waals surface area (Å²) in [6, 6.07) is 8.63. The second kappa shape index (κ2) is 7.98. The molecule has 1 fully saturated rings. The fourth-order valence-electron chi connectivity index (χ4n) is 4.08. The molecule has 12 nitrogen and oxygen atoms in total. The summed E-state index contributed by atoms with van der Waals surface area (Å²) >= 11 is 0. The third-order valence-electron chi connectivity index (χ3n) is 5.80. The van der Waals surface area contributed by atoms with Crippen molar-refractivity contribution in [3.05, 3.63) is 30.3 Å². The van der Waals surface area contributed by atoms with Gasteiger partial charge in [0.25, 0.3) is 0 Å². The van der Waals surface area contributed by atoms with Crippen molar-refractivity contribution in [1.82, 2.24) is 35.5 Å². The number of fused-ring (bicyclic) bond motifs is 1. The van der Waals surface area contributed by atoms with Crippen LogP contribution in [-0.4, -0.2) is 61.1 Å². The highest BCUT2D eigenvalue weighted by atomic mass is 32.2. The molecule has 172 valence electrons. The second-order valence-electron chi connectivity index (χ2n) is 7.56. The van der Waals surface area contributed by atoms with Crippen molar-refractivity contribution in [2.24, 2.45) is 5.14 Å². The number of aryl methyl sites for hydroxylation is 1. The van der Waals surface area contributed by atoms with E-state index in [1.165, 1.54) is 6.07 Å². The van der Waals surface area contributed by atoms with Gasteiger partial charge in [-0.15, -0.1) is 10.2 Å². The Labute approximate surface area is 191 Å². The predicted octanol–water partition coefficient (Wildman–Crippen LogP) is 0.212. The molecular formula is C19H21N9O3S2. The molecule has 3 heterocycles. The van der Waals surface area contributed by atoms with Gasteiger partial charge in [-0.3, -0.25) is 0 Å². The average molecular weight is 488 g/mol. The van der Waals surface area contributed by atoms with Gasteiger partial charge in [0.2, 0.25) is 11.8 Å². The van der Waals surface area contributed by atoms with E-state index in [9.17, 15) is 12.6 Å². The van der Waals surface area contributed by atoms with Crippen LogP contribution in [0.2, 0.25) is 0 Å². The summed E-state index contributed by atoms with van der Waals surface area (Å²) in [5.74, 6) is 0.419. The summed E-state index contributed by atoms with van der Waals surface area (Å²) in [6.07, 6.45) is 0. The zero-order valence-electron chi connectivity index (χ0n) is 17.5. The van der Waals surface area contributed by atoms with Crippen LogP contribution in [0.5, 0.6) is 0 Å². The molecule has 2 aromatic heterocycles. The molecule has 6 N–H and O–H groups in total. The first-order chi connectivity index (χ1) is 15.8. The number of anilines is 1. The van der Waals surface area contributed by atoms with Crippen molar-refractivity contribution in [3.63, 3.8) is 0 Å². The van der Waals surface area contributed by atoms with E-state index >= 15 is 0 Å². The van der Waals surface area contributed by atoms with Crippen LogP contribution < -0.4 is 16.2 Å². The molecule has 0 saturated carbocycles. The van der Waals surface area contributed by atoms with Gasteiger partial charge >= 0.3 is 0 Å². The van der Waals surface area contributed by atoms with Crippen LogP contribution in [0.15, 0.2) is 40.1 Å². The maximum absolute atomic E-state index is 13.3. The number of hydrogen-bond acceptors (Lipinski definition) is 9. The summed E-state index contributed by atoms with van der Waals surface area (Å²) in [7, 11) is -5.97. The molecule has 0 amide bonds. The van der Waals surface area contributed by atoms with Crippen molar-refractivity contribution in [1.29, 1.82) is 0 Å². The molecule has 1 aliphatic heterocycles. The quantitative estimate of drug-likeness (QED) is 0.295. The standard InChI is InChI=1S/C19H21N9O3S2/c1-2-28-13-5-3-4-12(16(13)23-19(28)20)11-6-7-14(33(30,31)10-8-22-9-10)17(32(21)29)15(11)18-24-26-27-25-18/h3-7,10,22H,2,8-9,21H2,1H3,(H2,20,23)(H,24,25,26,27). The Bertz CT molecular complexity index is 1490. The largest absolute Gasteiger partial charge is 0.369 e. The lowest BCUT2D eigenvalue weighted by Gasteiger charge is -2.28. The number of nitrogen functional groups attached to an aromatic ring is 1. The number of tetrazole rings is 1. The number of benzene rings is 2. The Balaban J connectivity index is 1.86. The highest BCUT2D eigenvalue weighted by molar-refractivity contribution is 7.93. The molecule has 14 heteroatoms. The lowest BCUT2D eigenvalue weighted by Crippen LogP contribution is -2.51. The highest BCUT2D eigenvalue weighted by Gasteiger charge is 2.37. The fourth-order valence-corrected chi connectivity index (χ4v) is 6.99. The van der Waals surface area contributed by atoms with E-state index in [-0.39, 0.29) is 21.2 Å². The van der Waals surface area contributed by atoms with E-state index in [1.54, 1.807) is 6.07 Å². The Hall–Kier alpha value is -3.20.